The topological polar surface area (TPSA) is 69.7 Å². The van der Waals surface area contributed by atoms with Gasteiger partial charge in [0.05, 0.1) is 18.8 Å². The number of carbonyl (C=O) groups excluding carboxylic acids is 3. The first-order chi connectivity index (χ1) is 13.5. The van der Waals surface area contributed by atoms with E-state index in [-0.39, 0.29) is 17.7 Å². The van der Waals surface area contributed by atoms with Gasteiger partial charge in [0.1, 0.15) is 0 Å². The first kappa shape index (κ1) is 21.4. The van der Waals surface area contributed by atoms with E-state index in [1.165, 1.54) is 0 Å². The molecule has 0 N–H and O–H groups in total. The summed E-state index contributed by atoms with van der Waals surface area (Å²) in [5.41, 5.74) is 2.45. The second-order valence-corrected chi connectivity index (χ2v) is 6.51. The van der Waals surface area contributed by atoms with Crippen LogP contribution in [-0.4, -0.2) is 30.9 Å². The van der Waals surface area contributed by atoms with Crippen LogP contribution in [0.1, 0.15) is 61.9 Å². The van der Waals surface area contributed by atoms with E-state index in [4.69, 9.17) is 9.47 Å². The minimum absolute atomic E-state index is 0.128. The Morgan fingerprint density at radius 3 is 2.50 bits per heavy atom. The van der Waals surface area contributed by atoms with Crippen LogP contribution in [0.25, 0.3) is 5.57 Å². The Bertz CT molecular complexity index is 793. The lowest BCUT2D eigenvalue weighted by Gasteiger charge is -2.24. The third-order valence-electron chi connectivity index (χ3n) is 4.55. The maximum atomic E-state index is 11.9. The second-order valence-electron chi connectivity index (χ2n) is 6.51. The van der Waals surface area contributed by atoms with Gasteiger partial charge < -0.3 is 9.47 Å². The smallest absolute Gasteiger partial charge is 0.384 e. The Balaban J connectivity index is 2.01. The molecule has 0 aromatic heterocycles. The normalized spacial score (nSPS) is 15.9. The molecular formula is C23H26O5. The van der Waals surface area contributed by atoms with E-state index in [0.29, 0.717) is 31.6 Å². The van der Waals surface area contributed by atoms with Gasteiger partial charge in [-0.05, 0) is 68.4 Å². The largest absolute Gasteiger partial charge is 0.462 e. The van der Waals surface area contributed by atoms with Gasteiger partial charge in [-0.2, -0.15) is 0 Å². The highest BCUT2D eigenvalue weighted by Crippen LogP contribution is 2.34. The predicted molar refractivity (Wildman–Crippen MR) is 106 cm³/mol. The molecule has 1 atom stereocenters. The van der Waals surface area contributed by atoms with Crippen molar-refractivity contribution in [1.29, 1.82) is 0 Å². The number of benzene rings is 1. The summed E-state index contributed by atoms with van der Waals surface area (Å²) in [5.74, 6) is 4.86. The van der Waals surface area contributed by atoms with Crippen molar-refractivity contribution < 1.29 is 23.9 Å². The third-order valence-corrected chi connectivity index (χ3v) is 4.55. The highest BCUT2D eigenvalue weighted by atomic mass is 16.5. The maximum absolute atomic E-state index is 11.9. The molecule has 0 fully saturated rings. The van der Waals surface area contributed by atoms with Gasteiger partial charge in [-0.3, -0.25) is 4.79 Å². The van der Waals surface area contributed by atoms with Crippen molar-refractivity contribution in [2.75, 3.05) is 13.2 Å². The average molecular weight is 382 g/mol. The van der Waals surface area contributed by atoms with Crippen molar-refractivity contribution in [2.24, 2.45) is 5.92 Å². The number of hydrogen-bond donors (Lipinski definition) is 0. The molecule has 1 aliphatic rings. The maximum Gasteiger partial charge on any atom is 0.384 e. The lowest BCUT2D eigenvalue weighted by molar-refractivity contribution is -0.136. The Labute approximate surface area is 166 Å². The fourth-order valence-corrected chi connectivity index (χ4v) is 3.21. The molecule has 1 aromatic carbocycles. The van der Waals surface area contributed by atoms with Gasteiger partial charge >= 0.3 is 11.9 Å². The lowest BCUT2D eigenvalue weighted by atomic mass is 9.80. The predicted octanol–water partition coefficient (Wildman–Crippen LogP) is 3.96. The van der Waals surface area contributed by atoms with Crippen LogP contribution in [0.2, 0.25) is 0 Å². The van der Waals surface area contributed by atoms with Crippen molar-refractivity contribution in [2.45, 2.75) is 46.0 Å². The number of allylic oxidation sites excluding steroid dienone is 2. The summed E-state index contributed by atoms with van der Waals surface area (Å²) in [5, 5.41) is 0. The van der Waals surface area contributed by atoms with Gasteiger partial charge in [-0.25, -0.2) is 9.59 Å². The summed E-state index contributed by atoms with van der Waals surface area (Å²) in [6, 6.07) is 7.19. The van der Waals surface area contributed by atoms with Crippen LogP contribution in [0.15, 0.2) is 30.3 Å². The molecule has 0 bridgehead atoms. The molecule has 0 spiro atoms. The first-order valence-corrected chi connectivity index (χ1v) is 9.72. The standard InChI is InChI=1S/C23H26O5/c1-3-27-22(25)9-7-5-6-8-17-14-15-20(24)16-21(17)18-10-12-19(13-11-18)23(26)28-4-2/h10-13,16-17H,3-6,8,14-15H2,1-2H3. The number of ketones is 1. The molecule has 0 radical (unpaired) electrons. The zero-order valence-electron chi connectivity index (χ0n) is 16.5. The summed E-state index contributed by atoms with van der Waals surface area (Å²) >= 11 is 0. The summed E-state index contributed by atoms with van der Waals surface area (Å²) in [6.07, 6.45) is 5.40. The average Bonchev–Trinajstić information content (AvgIpc) is 2.69. The molecule has 1 unspecified atom stereocenters. The van der Waals surface area contributed by atoms with Crippen LogP contribution in [0, 0.1) is 17.8 Å². The van der Waals surface area contributed by atoms with Crippen molar-refractivity contribution >= 4 is 23.3 Å². The van der Waals surface area contributed by atoms with E-state index in [2.05, 4.69) is 11.8 Å². The van der Waals surface area contributed by atoms with Gasteiger partial charge in [0.25, 0.3) is 0 Å². The fraction of sp³-hybridized carbons (Fsp3) is 0.435. The van der Waals surface area contributed by atoms with Crippen molar-refractivity contribution in [3.8, 4) is 11.8 Å². The monoisotopic (exact) mass is 382 g/mol. The second kappa shape index (κ2) is 11.1. The van der Waals surface area contributed by atoms with Crippen LogP contribution in [0.3, 0.4) is 0 Å². The first-order valence-electron chi connectivity index (χ1n) is 9.72. The molecule has 0 saturated heterocycles. The molecule has 28 heavy (non-hydrogen) atoms. The zero-order valence-corrected chi connectivity index (χ0v) is 16.5. The highest BCUT2D eigenvalue weighted by Gasteiger charge is 2.22. The number of rotatable bonds is 7. The molecule has 2 rings (SSSR count). The van der Waals surface area contributed by atoms with Crippen molar-refractivity contribution in [3.05, 3.63) is 41.5 Å². The SMILES string of the molecule is CCOC(=O)C#CCCCC1CCC(=O)C=C1c1ccc(C(=O)OCC)cc1. The molecule has 1 aliphatic carbocycles. The Morgan fingerprint density at radius 1 is 1.11 bits per heavy atom. The Hall–Kier alpha value is -2.87. The number of ether oxygens (including phenoxy) is 2. The van der Waals surface area contributed by atoms with Crippen LogP contribution in [-0.2, 0) is 19.1 Å². The minimum atomic E-state index is -0.493. The molecule has 1 aromatic rings. The van der Waals surface area contributed by atoms with Crippen LogP contribution < -0.4 is 0 Å². The van der Waals surface area contributed by atoms with Gasteiger partial charge in [-0.15, -0.1) is 0 Å². The Morgan fingerprint density at radius 2 is 1.82 bits per heavy atom. The van der Waals surface area contributed by atoms with E-state index in [9.17, 15) is 14.4 Å². The fourth-order valence-electron chi connectivity index (χ4n) is 3.21. The molecule has 0 heterocycles. The minimum Gasteiger partial charge on any atom is -0.462 e. The van der Waals surface area contributed by atoms with Crippen LogP contribution >= 0.6 is 0 Å². The van der Waals surface area contributed by atoms with Crippen molar-refractivity contribution in [1.82, 2.24) is 0 Å². The number of unbranched alkanes of at least 4 members (excludes halogenated alkanes) is 1. The van der Waals surface area contributed by atoms with Crippen LogP contribution in [0.5, 0.6) is 0 Å². The highest BCUT2D eigenvalue weighted by molar-refractivity contribution is 5.99. The van der Waals surface area contributed by atoms with Crippen molar-refractivity contribution in [3.63, 3.8) is 0 Å². The molecule has 148 valence electrons. The zero-order chi connectivity index (χ0) is 20.4. The van der Waals surface area contributed by atoms with E-state index in [0.717, 1.165) is 30.4 Å². The molecule has 0 aliphatic heterocycles. The number of carbonyl (C=O) groups is 3. The van der Waals surface area contributed by atoms with E-state index in [1.54, 1.807) is 32.1 Å². The summed E-state index contributed by atoms with van der Waals surface area (Å²) in [7, 11) is 0. The summed E-state index contributed by atoms with van der Waals surface area (Å²) < 4.78 is 9.78. The van der Waals surface area contributed by atoms with E-state index < -0.39 is 5.97 Å². The van der Waals surface area contributed by atoms with Gasteiger partial charge in [0, 0.05) is 18.8 Å². The molecule has 5 heteroatoms. The molecular weight excluding hydrogens is 356 g/mol. The quantitative estimate of drug-likeness (QED) is 0.309. The van der Waals surface area contributed by atoms with Crippen LogP contribution in [0.4, 0.5) is 0 Å². The third kappa shape index (κ3) is 6.38. The van der Waals surface area contributed by atoms with E-state index >= 15 is 0 Å². The number of esters is 2. The molecule has 0 saturated carbocycles. The lowest BCUT2D eigenvalue weighted by Crippen LogP contribution is -2.14. The van der Waals surface area contributed by atoms with Gasteiger partial charge in [0.2, 0.25) is 0 Å². The number of hydrogen-bond acceptors (Lipinski definition) is 5. The van der Waals surface area contributed by atoms with Gasteiger partial charge in [0.15, 0.2) is 5.78 Å². The summed E-state index contributed by atoms with van der Waals surface area (Å²) in [4.78, 5) is 35.0. The molecule has 0 amide bonds. The summed E-state index contributed by atoms with van der Waals surface area (Å²) in [6.45, 7) is 4.18. The van der Waals surface area contributed by atoms with E-state index in [1.807, 2.05) is 12.1 Å². The molecule has 5 nitrogen and oxygen atoms in total. The Kier molecular flexibility index (Phi) is 8.48. The van der Waals surface area contributed by atoms with Gasteiger partial charge in [-0.1, -0.05) is 18.1 Å².